The van der Waals surface area contributed by atoms with Gasteiger partial charge < -0.3 is 14.5 Å². The topological polar surface area (TPSA) is 71.6 Å². The van der Waals surface area contributed by atoms with Crippen molar-refractivity contribution in [3.8, 4) is 11.5 Å². The van der Waals surface area contributed by atoms with Crippen LogP contribution in [-0.2, 0) is 6.54 Å². The van der Waals surface area contributed by atoms with Gasteiger partial charge in [-0.3, -0.25) is 14.5 Å². The molecule has 2 aromatic rings. The Morgan fingerprint density at radius 1 is 1.21 bits per heavy atom. The van der Waals surface area contributed by atoms with Crippen LogP contribution in [0.25, 0.3) is 0 Å². The molecule has 1 heterocycles. The Hall–Kier alpha value is -2.74. The van der Waals surface area contributed by atoms with E-state index in [0.29, 0.717) is 34.6 Å². The molecule has 1 aromatic heterocycles. The van der Waals surface area contributed by atoms with E-state index in [1.165, 1.54) is 20.1 Å². The van der Waals surface area contributed by atoms with Crippen LogP contribution < -0.4 is 9.47 Å². The number of methoxy groups -OCH3 is 1. The zero-order valence-electron chi connectivity index (χ0n) is 17.4. The largest absolute Gasteiger partial charge is 0.493 e. The third-order valence-electron chi connectivity index (χ3n) is 4.95. The number of H-pyrrole nitrogens is 1. The van der Waals surface area contributed by atoms with Gasteiger partial charge in [0.1, 0.15) is 0 Å². The second-order valence-corrected chi connectivity index (χ2v) is 7.00. The maximum atomic E-state index is 13.0. The van der Waals surface area contributed by atoms with Crippen molar-refractivity contribution >= 4 is 11.6 Å². The summed E-state index contributed by atoms with van der Waals surface area (Å²) in [7, 11) is 3.13. The van der Waals surface area contributed by atoms with E-state index >= 15 is 0 Å². The smallest absolute Gasteiger partial charge is 0.387 e. The summed E-state index contributed by atoms with van der Waals surface area (Å²) in [6.45, 7) is 4.09. The highest BCUT2D eigenvalue weighted by molar-refractivity contribution is 6.05. The normalized spacial score (nSPS) is 12.3. The number of benzene rings is 1. The van der Waals surface area contributed by atoms with Gasteiger partial charge in [-0.1, -0.05) is 6.07 Å². The van der Waals surface area contributed by atoms with Gasteiger partial charge in [-0.15, -0.1) is 0 Å². The van der Waals surface area contributed by atoms with Crippen molar-refractivity contribution in [2.24, 2.45) is 0 Å². The quantitative estimate of drug-likeness (QED) is 0.631. The van der Waals surface area contributed by atoms with E-state index in [1.54, 1.807) is 44.9 Å². The molecule has 0 amide bonds. The molecule has 1 aromatic carbocycles. The van der Waals surface area contributed by atoms with Crippen molar-refractivity contribution in [3.05, 3.63) is 46.3 Å². The standard InChI is InChI=1S/C21H26F2N2O4/c1-11-18(14(4)26)12(2)24-19(11)20(27)13(3)25(5)10-15-7-8-16(28-6)17(9-15)29-21(22)23/h7-9,13,21,24H,10H2,1-6H3. The van der Waals surface area contributed by atoms with Crippen molar-refractivity contribution in [2.45, 2.75) is 46.9 Å². The maximum Gasteiger partial charge on any atom is 0.387 e. The SMILES string of the molecule is COc1ccc(CN(C)C(C)C(=O)c2[nH]c(C)c(C(C)=O)c2C)cc1OC(F)F. The Kier molecular flexibility index (Phi) is 7.13. The number of rotatable bonds is 9. The molecule has 0 aliphatic carbocycles. The minimum atomic E-state index is -2.97. The molecule has 0 saturated carbocycles. The number of alkyl halides is 2. The summed E-state index contributed by atoms with van der Waals surface area (Å²) in [6, 6.07) is 4.23. The fourth-order valence-corrected chi connectivity index (χ4v) is 3.37. The van der Waals surface area contributed by atoms with Crippen molar-refractivity contribution in [2.75, 3.05) is 14.2 Å². The van der Waals surface area contributed by atoms with Crippen LogP contribution in [0.5, 0.6) is 11.5 Å². The van der Waals surface area contributed by atoms with E-state index in [0.717, 1.165) is 0 Å². The number of ether oxygens (including phenoxy) is 2. The van der Waals surface area contributed by atoms with Gasteiger partial charge in [-0.05, 0) is 58.0 Å². The van der Waals surface area contributed by atoms with E-state index in [9.17, 15) is 18.4 Å². The molecule has 8 heteroatoms. The summed E-state index contributed by atoms with van der Waals surface area (Å²) < 4.78 is 34.8. The average molecular weight is 408 g/mol. The molecular weight excluding hydrogens is 382 g/mol. The van der Waals surface area contributed by atoms with Gasteiger partial charge >= 0.3 is 6.61 Å². The first-order valence-corrected chi connectivity index (χ1v) is 9.13. The van der Waals surface area contributed by atoms with Crippen LogP contribution in [-0.4, -0.2) is 48.3 Å². The van der Waals surface area contributed by atoms with Gasteiger partial charge in [0, 0.05) is 17.8 Å². The first kappa shape index (κ1) is 22.5. The van der Waals surface area contributed by atoms with E-state index in [1.807, 2.05) is 0 Å². The molecule has 158 valence electrons. The van der Waals surface area contributed by atoms with E-state index in [2.05, 4.69) is 9.72 Å². The minimum absolute atomic E-state index is 0.0608. The number of halogens is 2. The number of Topliss-reactive ketones (excluding diaryl/α,β-unsaturated/α-hetero) is 2. The summed E-state index contributed by atoms with van der Waals surface area (Å²) in [5, 5.41) is 0. The van der Waals surface area contributed by atoms with Gasteiger partial charge in [0.05, 0.1) is 18.8 Å². The number of aryl methyl sites for hydroxylation is 1. The predicted octanol–water partition coefficient (Wildman–Crippen LogP) is 4.15. The number of likely N-dealkylation sites (N-methyl/N-ethyl adjacent to an activating group) is 1. The fourth-order valence-electron chi connectivity index (χ4n) is 3.37. The van der Waals surface area contributed by atoms with Gasteiger partial charge in [0.2, 0.25) is 0 Å². The van der Waals surface area contributed by atoms with Crippen LogP contribution in [0.2, 0.25) is 0 Å². The molecule has 1 unspecified atom stereocenters. The number of nitrogens with one attached hydrogen (secondary N) is 1. The van der Waals surface area contributed by atoms with E-state index in [-0.39, 0.29) is 23.1 Å². The van der Waals surface area contributed by atoms with Crippen molar-refractivity contribution < 1.29 is 27.8 Å². The summed E-state index contributed by atoms with van der Waals surface area (Å²) >= 11 is 0. The van der Waals surface area contributed by atoms with Gasteiger partial charge in [0.15, 0.2) is 23.1 Å². The second kappa shape index (κ2) is 9.17. The lowest BCUT2D eigenvalue weighted by Gasteiger charge is -2.24. The average Bonchev–Trinajstić information content (AvgIpc) is 2.94. The third-order valence-corrected chi connectivity index (χ3v) is 4.95. The molecule has 2 rings (SSSR count). The third kappa shape index (κ3) is 5.00. The highest BCUT2D eigenvalue weighted by atomic mass is 19.3. The highest BCUT2D eigenvalue weighted by Gasteiger charge is 2.26. The fraction of sp³-hybridized carbons (Fsp3) is 0.429. The highest BCUT2D eigenvalue weighted by Crippen LogP contribution is 2.30. The molecule has 0 spiro atoms. The monoisotopic (exact) mass is 408 g/mol. The Balaban J connectivity index is 2.21. The molecule has 0 bridgehead atoms. The number of carbonyl (C=O) groups is 2. The van der Waals surface area contributed by atoms with Crippen LogP contribution in [0.15, 0.2) is 18.2 Å². The van der Waals surface area contributed by atoms with Crippen LogP contribution in [0.3, 0.4) is 0 Å². The van der Waals surface area contributed by atoms with Crippen molar-refractivity contribution in [1.29, 1.82) is 0 Å². The molecule has 0 radical (unpaired) electrons. The minimum Gasteiger partial charge on any atom is -0.493 e. The lowest BCUT2D eigenvalue weighted by molar-refractivity contribution is -0.0512. The van der Waals surface area contributed by atoms with Crippen molar-refractivity contribution in [3.63, 3.8) is 0 Å². The molecule has 0 aliphatic rings. The Morgan fingerprint density at radius 2 is 1.86 bits per heavy atom. The van der Waals surface area contributed by atoms with Gasteiger partial charge in [-0.2, -0.15) is 8.78 Å². The molecule has 0 aliphatic heterocycles. The lowest BCUT2D eigenvalue weighted by Crippen LogP contribution is -2.36. The predicted molar refractivity (Wildman–Crippen MR) is 105 cm³/mol. The summed E-state index contributed by atoms with van der Waals surface area (Å²) in [5.41, 5.74) is 2.93. The van der Waals surface area contributed by atoms with Crippen LogP contribution >= 0.6 is 0 Å². The number of ketones is 2. The Labute approximate surface area is 168 Å². The zero-order chi connectivity index (χ0) is 21.9. The number of hydrogen-bond donors (Lipinski definition) is 1. The Morgan fingerprint density at radius 3 is 2.38 bits per heavy atom. The van der Waals surface area contributed by atoms with Crippen molar-refractivity contribution in [1.82, 2.24) is 9.88 Å². The van der Waals surface area contributed by atoms with Crippen LogP contribution in [0.4, 0.5) is 8.78 Å². The number of aromatic amines is 1. The molecular formula is C21H26F2N2O4. The Bertz CT molecular complexity index is 908. The maximum absolute atomic E-state index is 13.0. The molecule has 6 nitrogen and oxygen atoms in total. The van der Waals surface area contributed by atoms with E-state index < -0.39 is 12.7 Å². The first-order valence-electron chi connectivity index (χ1n) is 9.13. The molecule has 0 saturated heterocycles. The number of nitrogens with zero attached hydrogens (tertiary/aromatic N) is 1. The molecule has 1 N–H and O–H groups in total. The molecule has 0 fully saturated rings. The second-order valence-electron chi connectivity index (χ2n) is 7.00. The lowest BCUT2D eigenvalue weighted by atomic mass is 10.0. The van der Waals surface area contributed by atoms with E-state index in [4.69, 9.17) is 4.74 Å². The first-order chi connectivity index (χ1) is 13.6. The summed E-state index contributed by atoms with van der Waals surface area (Å²) in [4.78, 5) is 29.6. The van der Waals surface area contributed by atoms with Gasteiger partial charge in [0.25, 0.3) is 0 Å². The van der Waals surface area contributed by atoms with Crippen LogP contribution in [0, 0.1) is 13.8 Å². The van der Waals surface area contributed by atoms with Crippen LogP contribution in [0.1, 0.15) is 51.5 Å². The van der Waals surface area contributed by atoms with Gasteiger partial charge in [-0.25, -0.2) is 0 Å². The zero-order valence-corrected chi connectivity index (χ0v) is 17.4. The molecule has 29 heavy (non-hydrogen) atoms. The summed E-state index contributed by atoms with van der Waals surface area (Å²) in [5.74, 6) is -0.108. The molecule has 1 atom stereocenters. The number of hydrogen-bond acceptors (Lipinski definition) is 5. The number of aromatic nitrogens is 1. The summed E-state index contributed by atoms with van der Waals surface area (Å²) in [6.07, 6.45) is 0. The number of carbonyl (C=O) groups excluding carboxylic acids is 2.